The van der Waals surface area contributed by atoms with Gasteiger partial charge in [0.25, 0.3) is 0 Å². The first-order valence-electron chi connectivity index (χ1n) is 5.44. The normalized spacial score (nSPS) is 11.1. The molecule has 0 saturated carbocycles. The van der Waals surface area contributed by atoms with Gasteiger partial charge in [-0.15, -0.1) is 0 Å². The van der Waals surface area contributed by atoms with Gasteiger partial charge in [-0.05, 0) is 33.8 Å². The second-order valence-corrected chi connectivity index (χ2v) is 5.04. The second kappa shape index (κ2) is 5.36. The summed E-state index contributed by atoms with van der Waals surface area (Å²) in [6.45, 7) is 8.08. The van der Waals surface area contributed by atoms with Gasteiger partial charge in [0, 0.05) is 11.7 Å². The van der Waals surface area contributed by atoms with Crippen LogP contribution in [0.3, 0.4) is 0 Å². The minimum absolute atomic E-state index is 0.175. The molecule has 0 saturated heterocycles. The van der Waals surface area contributed by atoms with Gasteiger partial charge in [0.15, 0.2) is 0 Å². The number of ether oxygens (including phenoxy) is 1. The highest BCUT2D eigenvalue weighted by atomic mass is 35.5. The fourth-order valence-electron chi connectivity index (χ4n) is 1.31. The van der Waals surface area contributed by atoms with E-state index >= 15 is 0 Å². The molecule has 0 aliphatic heterocycles. The summed E-state index contributed by atoms with van der Waals surface area (Å²) >= 11 is 5.82. The fourth-order valence-corrected chi connectivity index (χ4v) is 1.47. The zero-order valence-corrected chi connectivity index (χ0v) is 11.3. The molecule has 0 unspecified atom stereocenters. The molecule has 1 N–H and O–H groups in total. The van der Waals surface area contributed by atoms with Gasteiger partial charge in [-0.1, -0.05) is 11.6 Å². The van der Waals surface area contributed by atoms with E-state index in [2.05, 4.69) is 10.3 Å². The van der Waals surface area contributed by atoms with Crippen molar-refractivity contribution in [2.45, 2.75) is 33.2 Å². The lowest BCUT2D eigenvalue weighted by Crippen LogP contribution is -2.27. The van der Waals surface area contributed by atoms with Gasteiger partial charge in [0.1, 0.15) is 10.7 Å². The molecule has 1 aromatic heterocycles. The average molecular weight is 257 g/mol. The van der Waals surface area contributed by atoms with E-state index in [4.69, 9.17) is 16.3 Å². The SMILES string of the molecule is CCOC(=O)c1cnc(Cl)cc1NC(C)(C)C. The first-order chi connectivity index (χ1) is 7.83. The van der Waals surface area contributed by atoms with E-state index in [9.17, 15) is 4.79 Å². The maximum Gasteiger partial charge on any atom is 0.341 e. The minimum atomic E-state index is -0.400. The second-order valence-electron chi connectivity index (χ2n) is 4.65. The lowest BCUT2D eigenvalue weighted by atomic mass is 10.1. The van der Waals surface area contributed by atoms with Crippen molar-refractivity contribution in [3.05, 3.63) is 23.0 Å². The Morgan fingerprint density at radius 3 is 2.71 bits per heavy atom. The summed E-state index contributed by atoms with van der Waals surface area (Å²) in [7, 11) is 0. The Morgan fingerprint density at radius 1 is 1.53 bits per heavy atom. The zero-order chi connectivity index (χ0) is 13.1. The van der Waals surface area contributed by atoms with E-state index in [1.54, 1.807) is 13.0 Å². The highest BCUT2D eigenvalue weighted by Gasteiger charge is 2.18. The molecule has 0 fully saturated rings. The Labute approximate surface area is 106 Å². The Hall–Kier alpha value is -1.29. The van der Waals surface area contributed by atoms with E-state index in [-0.39, 0.29) is 5.54 Å². The van der Waals surface area contributed by atoms with Crippen LogP contribution in [-0.4, -0.2) is 23.1 Å². The summed E-state index contributed by atoms with van der Waals surface area (Å²) in [4.78, 5) is 15.6. The third kappa shape index (κ3) is 4.23. The van der Waals surface area contributed by atoms with Gasteiger partial charge in [0.05, 0.1) is 12.3 Å². The van der Waals surface area contributed by atoms with Gasteiger partial charge in [-0.25, -0.2) is 9.78 Å². The lowest BCUT2D eigenvalue weighted by Gasteiger charge is -2.23. The predicted molar refractivity (Wildman–Crippen MR) is 68.6 cm³/mol. The molecule has 1 heterocycles. The minimum Gasteiger partial charge on any atom is -0.462 e. The summed E-state index contributed by atoms with van der Waals surface area (Å²) in [6.07, 6.45) is 1.42. The average Bonchev–Trinajstić information content (AvgIpc) is 2.15. The number of carbonyl (C=O) groups excluding carboxylic acids is 1. The zero-order valence-electron chi connectivity index (χ0n) is 10.5. The Balaban J connectivity index is 3.08. The van der Waals surface area contributed by atoms with Gasteiger partial charge in [-0.3, -0.25) is 0 Å². The predicted octanol–water partition coefficient (Wildman–Crippen LogP) is 3.12. The first kappa shape index (κ1) is 13.8. The van der Waals surface area contributed by atoms with Crippen LogP contribution >= 0.6 is 11.6 Å². The van der Waals surface area contributed by atoms with E-state index in [1.807, 2.05) is 20.8 Å². The molecule has 0 atom stereocenters. The maximum absolute atomic E-state index is 11.7. The topological polar surface area (TPSA) is 51.2 Å². The number of rotatable bonds is 3. The van der Waals surface area contributed by atoms with Crippen LogP contribution < -0.4 is 5.32 Å². The van der Waals surface area contributed by atoms with E-state index in [1.165, 1.54) is 6.20 Å². The van der Waals surface area contributed by atoms with Gasteiger partial charge in [0.2, 0.25) is 0 Å². The molecule has 0 aromatic carbocycles. The molecule has 0 amide bonds. The molecule has 0 aliphatic rings. The number of anilines is 1. The van der Waals surface area contributed by atoms with Crippen LogP contribution in [0, 0.1) is 0 Å². The molecule has 17 heavy (non-hydrogen) atoms. The van der Waals surface area contributed by atoms with Crippen LogP contribution in [0.2, 0.25) is 5.15 Å². The van der Waals surface area contributed by atoms with Crippen LogP contribution in [0.15, 0.2) is 12.3 Å². The maximum atomic E-state index is 11.7. The quantitative estimate of drug-likeness (QED) is 0.667. The highest BCUT2D eigenvalue weighted by molar-refractivity contribution is 6.29. The summed E-state index contributed by atoms with van der Waals surface area (Å²) < 4.78 is 4.96. The van der Waals surface area contributed by atoms with Crippen molar-refractivity contribution in [2.75, 3.05) is 11.9 Å². The summed E-state index contributed by atoms with van der Waals surface area (Å²) in [5.74, 6) is -0.400. The molecule has 5 heteroatoms. The monoisotopic (exact) mass is 256 g/mol. The highest BCUT2D eigenvalue weighted by Crippen LogP contribution is 2.23. The van der Waals surface area contributed by atoms with Crippen LogP contribution in [0.25, 0.3) is 0 Å². The number of halogens is 1. The van der Waals surface area contributed by atoms with E-state index < -0.39 is 5.97 Å². The molecular weight excluding hydrogens is 240 g/mol. The number of esters is 1. The number of carbonyl (C=O) groups is 1. The number of nitrogens with zero attached hydrogens (tertiary/aromatic N) is 1. The molecule has 1 aromatic rings. The van der Waals surface area contributed by atoms with Crippen LogP contribution in [-0.2, 0) is 4.74 Å². The van der Waals surface area contributed by atoms with Crippen LogP contribution in [0.4, 0.5) is 5.69 Å². The summed E-state index contributed by atoms with van der Waals surface area (Å²) in [5.41, 5.74) is 0.855. The summed E-state index contributed by atoms with van der Waals surface area (Å²) in [5, 5.41) is 3.54. The standard InChI is InChI=1S/C12H17ClN2O2/c1-5-17-11(16)8-7-14-10(13)6-9(8)15-12(2,3)4/h6-7H,5H2,1-4H3,(H,14,15). The molecule has 0 aliphatic carbocycles. The molecule has 4 nitrogen and oxygen atoms in total. The van der Waals surface area contributed by atoms with Crippen LogP contribution in [0.1, 0.15) is 38.1 Å². The Kier molecular flexibility index (Phi) is 4.34. The largest absolute Gasteiger partial charge is 0.462 e. The Morgan fingerprint density at radius 2 is 2.18 bits per heavy atom. The van der Waals surface area contributed by atoms with Crippen molar-refractivity contribution >= 4 is 23.3 Å². The first-order valence-corrected chi connectivity index (χ1v) is 5.82. The van der Waals surface area contributed by atoms with Crippen molar-refractivity contribution < 1.29 is 9.53 Å². The van der Waals surface area contributed by atoms with E-state index in [0.29, 0.717) is 23.0 Å². The van der Waals surface area contributed by atoms with Crippen molar-refractivity contribution in [2.24, 2.45) is 0 Å². The van der Waals surface area contributed by atoms with Crippen molar-refractivity contribution in [3.8, 4) is 0 Å². The number of pyridine rings is 1. The number of hydrogen-bond acceptors (Lipinski definition) is 4. The molecule has 1 rings (SSSR count). The molecule has 0 bridgehead atoms. The third-order valence-electron chi connectivity index (χ3n) is 1.88. The number of aromatic nitrogens is 1. The number of hydrogen-bond donors (Lipinski definition) is 1. The van der Waals surface area contributed by atoms with Crippen molar-refractivity contribution in [3.63, 3.8) is 0 Å². The molecule has 94 valence electrons. The summed E-state index contributed by atoms with van der Waals surface area (Å²) in [6, 6.07) is 1.62. The van der Waals surface area contributed by atoms with E-state index in [0.717, 1.165) is 0 Å². The number of nitrogens with one attached hydrogen (secondary N) is 1. The Bertz CT molecular complexity index is 413. The smallest absolute Gasteiger partial charge is 0.341 e. The molecule has 0 spiro atoms. The van der Waals surface area contributed by atoms with Crippen LogP contribution in [0.5, 0.6) is 0 Å². The lowest BCUT2D eigenvalue weighted by molar-refractivity contribution is 0.0527. The van der Waals surface area contributed by atoms with Gasteiger partial charge < -0.3 is 10.1 Å². The van der Waals surface area contributed by atoms with Gasteiger partial charge >= 0.3 is 5.97 Å². The molecular formula is C12H17ClN2O2. The molecule has 0 radical (unpaired) electrons. The van der Waals surface area contributed by atoms with Crippen molar-refractivity contribution in [1.82, 2.24) is 4.98 Å². The third-order valence-corrected chi connectivity index (χ3v) is 2.08. The fraction of sp³-hybridized carbons (Fsp3) is 0.500. The van der Waals surface area contributed by atoms with Gasteiger partial charge in [-0.2, -0.15) is 0 Å². The van der Waals surface area contributed by atoms with Crippen molar-refractivity contribution in [1.29, 1.82) is 0 Å².